The molecule has 0 spiro atoms. The summed E-state index contributed by atoms with van der Waals surface area (Å²) in [6.45, 7) is 11.4. The molecule has 1 aromatic rings. The summed E-state index contributed by atoms with van der Waals surface area (Å²) in [5.74, 6) is 0.170. The smallest absolute Gasteiger partial charge is 0.265 e. The van der Waals surface area contributed by atoms with Gasteiger partial charge in [-0.2, -0.15) is 0 Å². The first-order valence-electron chi connectivity index (χ1n) is 8.67. The van der Waals surface area contributed by atoms with Crippen molar-refractivity contribution in [3.8, 4) is 0 Å². The van der Waals surface area contributed by atoms with Crippen LogP contribution in [0.15, 0.2) is 0 Å². The molecule has 2 aliphatic heterocycles. The normalized spacial score (nSPS) is 21.0. The van der Waals surface area contributed by atoms with Gasteiger partial charge >= 0.3 is 0 Å². The highest BCUT2D eigenvalue weighted by molar-refractivity contribution is 7.13. The highest BCUT2D eigenvalue weighted by Crippen LogP contribution is 2.26. The Bertz CT molecular complexity index is 559. The number of aromatic nitrogens is 1. The number of rotatable bonds is 4. The van der Waals surface area contributed by atoms with E-state index in [1.165, 1.54) is 37.3 Å². The lowest BCUT2D eigenvalue weighted by molar-refractivity contribution is 0.000212. The van der Waals surface area contributed by atoms with Crippen LogP contribution in [0.2, 0.25) is 0 Å². The maximum absolute atomic E-state index is 12.6. The van der Waals surface area contributed by atoms with Gasteiger partial charge in [-0.25, -0.2) is 4.98 Å². The molecule has 6 heteroatoms. The second-order valence-corrected chi connectivity index (χ2v) is 8.08. The summed E-state index contributed by atoms with van der Waals surface area (Å²) < 4.78 is 0. The van der Waals surface area contributed by atoms with Crippen molar-refractivity contribution in [2.45, 2.75) is 45.7 Å². The number of carbonyl (C=O) groups excluding carboxylic acids is 1. The van der Waals surface area contributed by atoms with Crippen LogP contribution in [0.4, 0.5) is 0 Å². The maximum atomic E-state index is 12.6. The van der Waals surface area contributed by atoms with Gasteiger partial charge in [-0.15, -0.1) is 11.3 Å². The maximum Gasteiger partial charge on any atom is 0.265 e. The van der Waals surface area contributed by atoms with Gasteiger partial charge in [0, 0.05) is 25.2 Å². The number of nitrogens with zero attached hydrogens (tertiary/aromatic N) is 4. The number of hydrogen-bond acceptors (Lipinski definition) is 5. The Hall–Kier alpha value is -0.980. The van der Waals surface area contributed by atoms with E-state index in [4.69, 9.17) is 0 Å². The summed E-state index contributed by atoms with van der Waals surface area (Å²) in [5.41, 5.74) is 0.878. The second kappa shape index (κ2) is 6.87. The zero-order valence-corrected chi connectivity index (χ0v) is 15.5. The van der Waals surface area contributed by atoms with Crippen molar-refractivity contribution >= 4 is 17.2 Å². The summed E-state index contributed by atoms with van der Waals surface area (Å²) in [6.07, 6.45) is 2.50. The van der Waals surface area contributed by atoms with E-state index in [1.54, 1.807) is 0 Å². The zero-order chi connectivity index (χ0) is 16.6. The molecule has 1 amide bonds. The molecule has 0 bridgehead atoms. The lowest BCUT2D eigenvalue weighted by Gasteiger charge is -2.49. The van der Waals surface area contributed by atoms with E-state index >= 15 is 0 Å². The van der Waals surface area contributed by atoms with Crippen LogP contribution in [0.1, 0.15) is 40.1 Å². The quantitative estimate of drug-likeness (QED) is 0.843. The third-order valence-corrected chi connectivity index (χ3v) is 6.30. The molecular formula is C17H28N4OS. The number of aryl methyl sites for hydroxylation is 2. The van der Waals surface area contributed by atoms with Gasteiger partial charge in [0.05, 0.1) is 10.7 Å². The number of likely N-dealkylation sites (N-methyl/N-ethyl adjacent to an activating group) is 1. The molecule has 1 aromatic heterocycles. The fourth-order valence-corrected chi connectivity index (χ4v) is 4.73. The molecule has 0 aliphatic carbocycles. The Balaban J connectivity index is 1.57. The summed E-state index contributed by atoms with van der Waals surface area (Å²) >= 11 is 1.52. The third kappa shape index (κ3) is 3.44. The highest BCUT2D eigenvalue weighted by atomic mass is 32.1. The first kappa shape index (κ1) is 16.9. The van der Waals surface area contributed by atoms with Crippen molar-refractivity contribution in [3.63, 3.8) is 0 Å². The minimum absolute atomic E-state index is 0.170. The molecule has 23 heavy (non-hydrogen) atoms. The van der Waals surface area contributed by atoms with Gasteiger partial charge in [-0.05, 0) is 53.4 Å². The average molecular weight is 337 g/mol. The Kier molecular flexibility index (Phi) is 5.04. The van der Waals surface area contributed by atoms with Crippen LogP contribution in [-0.4, -0.2) is 77.4 Å². The molecule has 3 heterocycles. The average Bonchev–Trinajstić information content (AvgIpc) is 2.82. The third-order valence-electron chi connectivity index (χ3n) is 5.24. The van der Waals surface area contributed by atoms with Crippen LogP contribution >= 0.6 is 11.3 Å². The van der Waals surface area contributed by atoms with Crippen molar-refractivity contribution in [2.24, 2.45) is 0 Å². The van der Waals surface area contributed by atoms with Crippen molar-refractivity contribution in [1.82, 2.24) is 19.7 Å². The molecular weight excluding hydrogens is 308 g/mol. The van der Waals surface area contributed by atoms with Crippen LogP contribution in [0.5, 0.6) is 0 Å². The molecule has 0 aromatic carbocycles. The lowest BCUT2D eigenvalue weighted by atomic mass is 9.98. The Morgan fingerprint density at radius 1 is 1.26 bits per heavy atom. The molecule has 2 fully saturated rings. The number of thiazole rings is 1. The predicted molar refractivity (Wildman–Crippen MR) is 94.2 cm³/mol. The van der Waals surface area contributed by atoms with E-state index in [0.717, 1.165) is 35.2 Å². The van der Waals surface area contributed by atoms with Crippen molar-refractivity contribution in [1.29, 1.82) is 0 Å². The summed E-state index contributed by atoms with van der Waals surface area (Å²) in [7, 11) is 2.20. The Labute approximate surface area is 143 Å². The van der Waals surface area contributed by atoms with Crippen LogP contribution in [0.25, 0.3) is 0 Å². The van der Waals surface area contributed by atoms with Crippen LogP contribution in [0, 0.1) is 13.8 Å². The predicted octanol–water partition coefficient (Wildman–Crippen LogP) is 2.00. The SMILES string of the molecule is CCN(C1CCN(C)CC1)C1CN(C(=O)c2sc(C)nc2C)C1. The minimum Gasteiger partial charge on any atom is -0.335 e. The molecule has 0 radical (unpaired) electrons. The van der Waals surface area contributed by atoms with Gasteiger partial charge < -0.3 is 9.80 Å². The summed E-state index contributed by atoms with van der Waals surface area (Å²) in [5, 5.41) is 0.976. The number of carbonyl (C=O) groups is 1. The Morgan fingerprint density at radius 3 is 2.43 bits per heavy atom. The van der Waals surface area contributed by atoms with Crippen molar-refractivity contribution < 1.29 is 4.79 Å². The monoisotopic (exact) mass is 336 g/mol. The van der Waals surface area contributed by atoms with Crippen LogP contribution in [0.3, 0.4) is 0 Å². The number of piperidine rings is 1. The molecule has 0 N–H and O–H groups in total. The summed E-state index contributed by atoms with van der Waals surface area (Å²) in [6, 6.07) is 1.22. The van der Waals surface area contributed by atoms with E-state index in [0.29, 0.717) is 12.1 Å². The Morgan fingerprint density at radius 2 is 1.91 bits per heavy atom. The van der Waals surface area contributed by atoms with Gasteiger partial charge in [-0.1, -0.05) is 6.92 Å². The topological polar surface area (TPSA) is 39.7 Å². The van der Waals surface area contributed by atoms with E-state index < -0.39 is 0 Å². The van der Waals surface area contributed by atoms with Gasteiger partial charge in [0.1, 0.15) is 4.88 Å². The first-order valence-corrected chi connectivity index (χ1v) is 9.48. The number of amides is 1. The van der Waals surface area contributed by atoms with Crippen LogP contribution in [-0.2, 0) is 0 Å². The van der Waals surface area contributed by atoms with E-state index in [1.807, 2.05) is 18.7 Å². The minimum atomic E-state index is 0.170. The van der Waals surface area contributed by atoms with Crippen molar-refractivity contribution in [3.05, 3.63) is 15.6 Å². The number of likely N-dealkylation sites (tertiary alicyclic amines) is 2. The fourth-order valence-electron chi connectivity index (χ4n) is 3.85. The van der Waals surface area contributed by atoms with E-state index in [-0.39, 0.29) is 5.91 Å². The molecule has 2 aliphatic rings. The molecule has 5 nitrogen and oxygen atoms in total. The second-order valence-electron chi connectivity index (χ2n) is 6.88. The number of hydrogen-bond donors (Lipinski definition) is 0. The molecule has 0 unspecified atom stereocenters. The van der Waals surface area contributed by atoms with Gasteiger partial charge in [0.25, 0.3) is 5.91 Å². The standard InChI is InChI=1S/C17H28N4OS/c1-5-21(14-6-8-19(4)9-7-14)15-10-20(11-15)17(22)16-12(2)18-13(3)23-16/h14-15H,5-11H2,1-4H3. The van der Waals surface area contributed by atoms with Gasteiger partial charge in [0.2, 0.25) is 0 Å². The molecule has 128 valence electrons. The van der Waals surface area contributed by atoms with E-state index in [9.17, 15) is 4.79 Å². The molecule has 0 atom stereocenters. The molecule has 3 rings (SSSR count). The van der Waals surface area contributed by atoms with Gasteiger partial charge in [-0.3, -0.25) is 9.69 Å². The van der Waals surface area contributed by atoms with Crippen LogP contribution < -0.4 is 0 Å². The molecule has 2 saturated heterocycles. The van der Waals surface area contributed by atoms with E-state index in [2.05, 4.69) is 28.8 Å². The molecule has 0 saturated carbocycles. The van der Waals surface area contributed by atoms with Gasteiger partial charge in [0.15, 0.2) is 0 Å². The fraction of sp³-hybridized carbons (Fsp3) is 0.765. The highest BCUT2D eigenvalue weighted by Gasteiger charge is 2.38. The first-order chi connectivity index (χ1) is 11.0. The zero-order valence-electron chi connectivity index (χ0n) is 14.7. The van der Waals surface area contributed by atoms with Crippen molar-refractivity contribution in [2.75, 3.05) is 39.8 Å². The largest absolute Gasteiger partial charge is 0.335 e. The lowest BCUT2D eigenvalue weighted by Crippen LogP contribution is -2.63. The summed E-state index contributed by atoms with van der Waals surface area (Å²) in [4.78, 5) is 24.8.